The Kier molecular flexibility index (Phi) is 5.35. The normalized spacial score (nSPS) is 33.1. The zero-order valence-electron chi connectivity index (χ0n) is 11.5. The maximum Gasteiger partial charge on any atom is -0.0197 e. The molecule has 0 aromatic rings. The third-order valence-electron chi connectivity index (χ3n) is 4.65. The van der Waals surface area contributed by atoms with Gasteiger partial charge in [-0.3, -0.25) is 0 Å². The van der Waals surface area contributed by atoms with Crippen LogP contribution >= 0.6 is 0 Å². The molecule has 2 aliphatic rings. The maximum atomic E-state index is 2.47. The lowest BCUT2D eigenvalue weighted by atomic mass is 9.90. The Morgan fingerprint density at radius 2 is 1.82 bits per heavy atom. The molecule has 0 amide bonds. The molecular weight excluding hydrogens is 204 g/mol. The highest BCUT2D eigenvalue weighted by molar-refractivity contribution is 5.21. The monoisotopic (exact) mass is 232 g/mol. The Labute approximate surface area is 107 Å². The van der Waals surface area contributed by atoms with Crippen molar-refractivity contribution < 1.29 is 0 Å². The smallest absolute Gasteiger partial charge is 0.0197 e. The fraction of sp³-hybridized carbons (Fsp3) is 0.765. The molecule has 2 aliphatic carbocycles. The molecule has 0 N–H and O–H groups in total. The molecule has 2 atom stereocenters. The average molecular weight is 232 g/mol. The van der Waals surface area contributed by atoms with Crippen molar-refractivity contribution in [3.05, 3.63) is 23.8 Å². The standard InChI is InChI=1S/C17H28/c1-2-15-13-14-16-11-9-7-5-3-4-6-8-10-12-17(15)16/h8,10,12,15-16H,2-7,9,11,13-14H2,1H3/b10-8+,17-12?. The van der Waals surface area contributed by atoms with Gasteiger partial charge < -0.3 is 0 Å². The van der Waals surface area contributed by atoms with E-state index < -0.39 is 0 Å². The van der Waals surface area contributed by atoms with Gasteiger partial charge in [-0.2, -0.15) is 0 Å². The van der Waals surface area contributed by atoms with Gasteiger partial charge in [-0.1, -0.05) is 56.4 Å². The van der Waals surface area contributed by atoms with Crippen molar-refractivity contribution in [1.29, 1.82) is 0 Å². The van der Waals surface area contributed by atoms with E-state index >= 15 is 0 Å². The van der Waals surface area contributed by atoms with Crippen molar-refractivity contribution in [3.63, 3.8) is 0 Å². The number of hydrogen-bond acceptors (Lipinski definition) is 0. The van der Waals surface area contributed by atoms with Crippen molar-refractivity contribution >= 4 is 0 Å². The first-order valence-corrected chi connectivity index (χ1v) is 7.78. The van der Waals surface area contributed by atoms with Crippen molar-refractivity contribution in [2.24, 2.45) is 11.8 Å². The first-order chi connectivity index (χ1) is 8.42. The molecule has 0 aromatic carbocycles. The van der Waals surface area contributed by atoms with Crippen LogP contribution in [0, 0.1) is 11.8 Å². The van der Waals surface area contributed by atoms with Crippen LogP contribution in [0.3, 0.4) is 0 Å². The lowest BCUT2D eigenvalue weighted by Crippen LogP contribution is -2.02. The summed E-state index contributed by atoms with van der Waals surface area (Å²) in [5.41, 5.74) is 1.78. The molecule has 1 saturated carbocycles. The van der Waals surface area contributed by atoms with E-state index in [-0.39, 0.29) is 0 Å². The Morgan fingerprint density at radius 3 is 2.71 bits per heavy atom. The van der Waals surface area contributed by atoms with Crippen molar-refractivity contribution in [2.45, 2.75) is 71.1 Å². The minimum atomic E-state index is 0.896. The minimum Gasteiger partial charge on any atom is -0.0845 e. The second-order valence-electron chi connectivity index (χ2n) is 5.82. The molecule has 2 unspecified atom stereocenters. The van der Waals surface area contributed by atoms with Crippen molar-refractivity contribution in [1.82, 2.24) is 0 Å². The third kappa shape index (κ3) is 3.72. The van der Waals surface area contributed by atoms with Crippen LogP contribution < -0.4 is 0 Å². The van der Waals surface area contributed by atoms with Crippen LogP contribution in [0.25, 0.3) is 0 Å². The van der Waals surface area contributed by atoms with E-state index in [4.69, 9.17) is 0 Å². The van der Waals surface area contributed by atoms with Crippen LogP contribution in [0.4, 0.5) is 0 Å². The summed E-state index contributed by atoms with van der Waals surface area (Å²) < 4.78 is 0. The lowest BCUT2D eigenvalue weighted by molar-refractivity contribution is 0.509. The Bertz CT molecular complexity index is 272. The highest BCUT2D eigenvalue weighted by Gasteiger charge is 2.27. The summed E-state index contributed by atoms with van der Waals surface area (Å²) >= 11 is 0. The molecule has 17 heavy (non-hydrogen) atoms. The molecule has 0 heteroatoms. The topological polar surface area (TPSA) is 0 Å². The predicted octanol–water partition coefficient (Wildman–Crippen LogP) is 5.65. The van der Waals surface area contributed by atoms with Crippen LogP contribution in [0.1, 0.15) is 71.1 Å². The van der Waals surface area contributed by atoms with E-state index in [0.29, 0.717) is 0 Å². The van der Waals surface area contributed by atoms with Crippen LogP contribution in [-0.4, -0.2) is 0 Å². The summed E-state index contributed by atoms with van der Waals surface area (Å²) in [7, 11) is 0. The molecule has 0 heterocycles. The fourth-order valence-electron chi connectivity index (χ4n) is 3.55. The van der Waals surface area contributed by atoms with Crippen molar-refractivity contribution in [2.75, 3.05) is 0 Å². The molecular formula is C17H28. The summed E-state index contributed by atoms with van der Waals surface area (Å²) in [5.74, 6) is 1.82. The van der Waals surface area contributed by atoms with Gasteiger partial charge in [0.25, 0.3) is 0 Å². The van der Waals surface area contributed by atoms with E-state index in [9.17, 15) is 0 Å². The van der Waals surface area contributed by atoms with Crippen LogP contribution in [0.5, 0.6) is 0 Å². The zero-order chi connectivity index (χ0) is 11.9. The van der Waals surface area contributed by atoms with Gasteiger partial charge in [-0.25, -0.2) is 0 Å². The van der Waals surface area contributed by atoms with Gasteiger partial charge in [0.15, 0.2) is 0 Å². The number of rotatable bonds is 1. The fourth-order valence-corrected chi connectivity index (χ4v) is 3.55. The van der Waals surface area contributed by atoms with Gasteiger partial charge in [-0.15, -0.1) is 0 Å². The second kappa shape index (κ2) is 7.03. The van der Waals surface area contributed by atoms with E-state index in [2.05, 4.69) is 25.2 Å². The SMILES string of the molecule is CCC1CCC2CCCCCCC/C=C/C=C12. The molecule has 0 aliphatic heterocycles. The van der Waals surface area contributed by atoms with Gasteiger partial charge in [0.05, 0.1) is 0 Å². The summed E-state index contributed by atoms with van der Waals surface area (Å²) in [5, 5.41) is 0. The van der Waals surface area contributed by atoms with Gasteiger partial charge >= 0.3 is 0 Å². The average Bonchev–Trinajstić information content (AvgIpc) is 2.71. The predicted molar refractivity (Wildman–Crippen MR) is 76.0 cm³/mol. The zero-order valence-corrected chi connectivity index (χ0v) is 11.5. The Morgan fingerprint density at radius 1 is 1.00 bits per heavy atom. The quantitative estimate of drug-likeness (QED) is 0.548. The summed E-state index contributed by atoms with van der Waals surface area (Å²) in [6, 6.07) is 0. The van der Waals surface area contributed by atoms with E-state index in [1.807, 2.05) is 0 Å². The number of hydrogen-bond donors (Lipinski definition) is 0. The highest BCUT2D eigenvalue weighted by atomic mass is 14.3. The van der Waals surface area contributed by atoms with E-state index in [0.717, 1.165) is 11.8 Å². The Hall–Kier alpha value is -0.520. The van der Waals surface area contributed by atoms with Crippen LogP contribution in [0.2, 0.25) is 0 Å². The van der Waals surface area contributed by atoms with Gasteiger partial charge in [0.2, 0.25) is 0 Å². The number of allylic oxidation sites excluding steroid dienone is 4. The largest absolute Gasteiger partial charge is 0.0845 e. The first-order valence-electron chi connectivity index (χ1n) is 7.78. The summed E-state index contributed by atoms with van der Waals surface area (Å²) in [6.45, 7) is 2.35. The Balaban J connectivity index is 2.04. The van der Waals surface area contributed by atoms with Gasteiger partial charge in [0.1, 0.15) is 0 Å². The second-order valence-corrected chi connectivity index (χ2v) is 5.82. The van der Waals surface area contributed by atoms with E-state index in [1.165, 1.54) is 64.2 Å². The molecule has 0 saturated heterocycles. The van der Waals surface area contributed by atoms with Gasteiger partial charge in [-0.05, 0) is 50.4 Å². The third-order valence-corrected chi connectivity index (χ3v) is 4.65. The first kappa shape index (κ1) is 12.9. The minimum absolute atomic E-state index is 0.896. The highest BCUT2D eigenvalue weighted by Crippen LogP contribution is 2.41. The van der Waals surface area contributed by atoms with Crippen LogP contribution in [-0.2, 0) is 0 Å². The van der Waals surface area contributed by atoms with E-state index in [1.54, 1.807) is 5.57 Å². The number of fused-ring (bicyclic) bond motifs is 1. The van der Waals surface area contributed by atoms with Crippen molar-refractivity contribution in [3.8, 4) is 0 Å². The molecule has 2 rings (SSSR count). The molecule has 0 radical (unpaired) electrons. The summed E-state index contributed by atoms with van der Waals surface area (Å²) in [4.78, 5) is 0. The molecule has 1 fully saturated rings. The maximum absolute atomic E-state index is 2.47. The van der Waals surface area contributed by atoms with Gasteiger partial charge in [0, 0.05) is 0 Å². The molecule has 96 valence electrons. The molecule has 0 spiro atoms. The molecule has 0 aromatic heterocycles. The van der Waals surface area contributed by atoms with Crippen LogP contribution in [0.15, 0.2) is 23.8 Å². The molecule has 0 nitrogen and oxygen atoms in total. The summed E-state index contributed by atoms with van der Waals surface area (Å²) in [6.07, 6.45) is 21.4. The lowest BCUT2D eigenvalue weighted by Gasteiger charge is -2.16. The molecule has 0 bridgehead atoms.